The number of rotatable bonds is 6. The molecule has 1 unspecified atom stereocenters. The van der Waals surface area contributed by atoms with Gasteiger partial charge >= 0.3 is 0 Å². The molecule has 0 aliphatic rings. The summed E-state index contributed by atoms with van der Waals surface area (Å²) < 4.78 is 0. The van der Waals surface area contributed by atoms with E-state index in [0.29, 0.717) is 12.3 Å². The van der Waals surface area contributed by atoms with Crippen molar-refractivity contribution in [2.45, 2.75) is 40.5 Å². The van der Waals surface area contributed by atoms with Crippen LogP contribution in [0.1, 0.15) is 40.5 Å². The Balaban J connectivity index is 2.56. The van der Waals surface area contributed by atoms with E-state index in [1.54, 1.807) is 24.3 Å². The molecule has 0 spiro atoms. The first-order valence-electron chi connectivity index (χ1n) is 7.13. The van der Waals surface area contributed by atoms with Crippen LogP contribution in [-0.2, 0) is 9.59 Å². The summed E-state index contributed by atoms with van der Waals surface area (Å²) in [6.45, 7) is 7.90. The van der Waals surface area contributed by atoms with Gasteiger partial charge in [0.25, 0.3) is 0 Å². The Morgan fingerprint density at radius 3 is 1.95 bits per heavy atom. The minimum Gasteiger partial charge on any atom is -0.326 e. The van der Waals surface area contributed by atoms with Crippen molar-refractivity contribution in [1.29, 1.82) is 0 Å². The van der Waals surface area contributed by atoms with Crippen LogP contribution in [0.25, 0.3) is 0 Å². The molecule has 4 heteroatoms. The van der Waals surface area contributed by atoms with E-state index in [0.717, 1.165) is 17.8 Å². The van der Waals surface area contributed by atoms with Crippen molar-refractivity contribution < 1.29 is 9.59 Å². The van der Waals surface area contributed by atoms with E-state index in [4.69, 9.17) is 0 Å². The quantitative estimate of drug-likeness (QED) is 0.833. The topological polar surface area (TPSA) is 58.2 Å². The van der Waals surface area contributed by atoms with E-state index in [-0.39, 0.29) is 17.7 Å². The number of hydrogen-bond donors (Lipinski definition) is 2. The van der Waals surface area contributed by atoms with Gasteiger partial charge in [0.2, 0.25) is 11.8 Å². The summed E-state index contributed by atoms with van der Waals surface area (Å²) in [5.41, 5.74) is 1.49. The van der Waals surface area contributed by atoms with Crippen LogP contribution in [0.5, 0.6) is 0 Å². The average Bonchev–Trinajstić information content (AvgIpc) is 2.39. The van der Waals surface area contributed by atoms with Gasteiger partial charge in [-0.25, -0.2) is 0 Å². The molecule has 0 aliphatic heterocycles. The number of benzene rings is 1. The summed E-state index contributed by atoms with van der Waals surface area (Å²) in [7, 11) is 0. The van der Waals surface area contributed by atoms with Gasteiger partial charge in [-0.05, 0) is 36.6 Å². The van der Waals surface area contributed by atoms with E-state index in [9.17, 15) is 9.59 Å². The van der Waals surface area contributed by atoms with Gasteiger partial charge in [-0.2, -0.15) is 0 Å². The molecule has 20 heavy (non-hydrogen) atoms. The van der Waals surface area contributed by atoms with Crippen LogP contribution in [0.4, 0.5) is 11.4 Å². The van der Waals surface area contributed by atoms with Gasteiger partial charge in [-0.1, -0.05) is 27.7 Å². The second-order valence-corrected chi connectivity index (χ2v) is 5.52. The van der Waals surface area contributed by atoms with Crippen molar-refractivity contribution >= 4 is 23.2 Å². The maximum atomic E-state index is 11.7. The van der Waals surface area contributed by atoms with Crippen LogP contribution in [0.15, 0.2) is 24.3 Å². The van der Waals surface area contributed by atoms with Crippen molar-refractivity contribution in [3.63, 3.8) is 0 Å². The van der Waals surface area contributed by atoms with Crippen molar-refractivity contribution in [2.24, 2.45) is 11.8 Å². The molecule has 1 aromatic rings. The minimum absolute atomic E-state index is 0.000390. The standard InChI is InChI=1S/C16H24N2O2/c1-5-12(4)16(20)18-14-8-6-13(7-9-14)17-15(19)10-11(2)3/h6-9,11-12H,5,10H2,1-4H3,(H,17,19)(H,18,20). The van der Waals surface area contributed by atoms with E-state index < -0.39 is 0 Å². The van der Waals surface area contributed by atoms with Crippen molar-refractivity contribution in [1.82, 2.24) is 0 Å². The number of anilines is 2. The third kappa shape index (κ3) is 5.43. The molecule has 2 N–H and O–H groups in total. The Labute approximate surface area is 121 Å². The number of carbonyl (C=O) groups excluding carboxylic acids is 2. The van der Waals surface area contributed by atoms with Gasteiger partial charge in [-0.3, -0.25) is 9.59 Å². The molecule has 110 valence electrons. The largest absolute Gasteiger partial charge is 0.326 e. The molecule has 0 fully saturated rings. The maximum Gasteiger partial charge on any atom is 0.227 e. The Morgan fingerprint density at radius 2 is 1.50 bits per heavy atom. The van der Waals surface area contributed by atoms with Gasteiger partial charge in [0, 0.05) is 23.7 Å². The maximum absolute atomic E-state index is 11.7. The number of carbonyl (C=O) groups is 2. The van der Waals surface area contributed by atoms with E-state index in [1.165, 1.54) is 0 Å². The zero-order chi connectivity index (χ0) is 15.1. The summed E-state index contributed by atoms with van der Waals surface area (Å²) >= 11 is 0. The molecule has 0 saturated carbocycles. The second-order valence-electron chi connectivity index (χ2n) is 5.52. The molecule has 1 atom stereocenters. The molecular weight excluding hydrogens is 252 g/mol. The van der Waals surface area contributed by atoms with Crippen LogP contribution in [-0.4, -0.2) is 11.8 Å². The SMILES string of the molecule is CCC(C)C(=O)Nc1ccc(NC(=O)CC(C)C)cc1. The molecule has 0 saturated heterocycles. The smallest absolute Gasteiger partial charge is 0.227 e. The first kappa shape index (κ1) is 16.2. The zero-order valence-corrected chi connectivity index (χ0v) is 12.7. The van der Waals surface area contributed by atoms with E-state index in [1.807, 2.05) is 27.7 Å². The van der Waals surface area contributed by atoms with Crippen LogP contribution in [0, 0.1) is 11.8 Å². The van der Waals surface area contributed by atoms with Crippen LogP contribution in [0.3, 0.4) is 0 Å². The molecule has 2 amide bonds. The lowest BCUT2D eigenvalue weighted by atomic mass is 10.1. The van der Waals surface area contributed by atoms with Crippen LogP contribution >= 0.6 is 0 Å². The zero-order valence-electron chi connectivity index (χ0n) is 12.7. The first-order valence-corrected chi connectivity index (χ1v) is 7.13. The molecular formula is C16H24N2O2. The molecule has 0 aromatic heterocycles. The minimum atomic E-state index is 0.000390. The normalized spacial score (nSPS) is 12.1. The Bertz CT molecular complexity index is 452. The van der Waals surface area contributed by atoms with Crippen molar-refractivity contribution in [2.75, 3.05) is 10.6 Å². The predicted molar refractivity (Wildman–Crippen MR) is 82.6 cm³/mol. The molecule has 1 rings (SSSR count). The van der Waals surface area contributed by atoms with E-state index >= 15 is 0 Å². The average molecular weight is 276 g/mol. The van der Waals surface area contributed by atoms with Gasteiger partial charge < -0.3 is 10.6 Å². The third-order valence-corrected chi connectivity index (χ3v) is 3.09. The van der Waals surface area contributed by atoms with Gasteiger partial charge in [0.05, 0.1) is 0 Å². The van der Waals surface area contributed by atoms with Gasteiger partial charge in [0.15, 0.2) is 0 Å². The lowest BCUT2D eigenvalue weighted by molar-refractivity contribution is -0.119. The van der Waals surface area contributed by atoms with E-state index in [2.05, 4.69) is 10.6 Å². The second kappa shape index (κ2) is 7.68. The Hall–Kier alpha value is -1.84. The molecule has 0 bridgehead atoms. The van der Waals surface area contributed by atoms with Gasteiger partial charge in [-0.15, -0.1) is 0 Å². The molecule has 0 radical (unpaired) electrons. The Morgan fingerprint density at radius 1 is 1.00 bits per heavy atom. The van der Waals surface area contributed by atoms with Crippen LogP contribution in [0.2, 0.25) is 0 Å². The lowest BCUT2D eigenvalue weighted by Gasteiger charge is -2.11. The van der Waals surface area contributed by atoms with Crippen molar-refractivity contribution in [3.8, 4) is 0 Å². The first-order chi connectivity index (χ1) is 9.42. The highest BCUT2D eigenvalue weighted by atomic mass is 16.2. The van der Waals surface area contributed by atoms with Crippen LogP contribution < -0.4 is 10.6 Å². The monoisotopic (exact) mass is 276 g/mol. The fourth-order valence-corrected chi connectivity index (χ4v) is 1.67. The molecule has 1 aromatic carbocycles. The summed E-state index contributed by atoms with van der Waals surface area (Å²) in [6.07, 6.45) is 1.32. The highest BCUT2D eigenvalue weighted by molar-refractivity contribution is 5.93. The fraction of sp³-hybridized carbons (Fsp3) is 0.500. The van der Waals surface area contributed by atoms with Gasteiger partial charge in [0.1, 0.15) is 0 Å². The molecule has 0 aliphatic carbocycles. The third-order valence-electron chi connectivity index (χ3n) is 3.09. The number of amides is 2. The molecule has 4 nitrogen and oxygen atoms in total. The summed E-state index contributed by atoms with van der Waals surface area (Å²) in [5, 5.41) is 5.69. The summed E-state index contributed by atoms with van der Waals surface area (Å²) in [6, 6.07) is 7.19. The lowest BCUT2D eigenvalue weighted by Crippen LogP contribution is -2.19. The fourth-order valence-electron chi connectivity index (χ4n) is 1.67. The Kier molecular flexibility index (Phi) is 6.22. The summed E-state index contributed by atoms with van der Waals surface area (Å²) in [4.78, 5) is 23.4. The number of hydrogen-bond acceptors (Lipinski definition) is 2. The van der Waals surface area contributed by atoms with Crippen molar-refractivity contribution in [3.05, 3.63) is 24.3 Å². The highest BCUT2D eigenvalue weighted by Crippen LogP contribution is 2.15. The summed E-state index contributed by atoms with van der Waals surface area (Å²) in [5.74, 6) is 0.366. The number of nitrogens with one attached hydrogen (secondary N) is 2. The molecule has 0 heterocycles. The highest BCUT2D eigenvalue weighted by Gasteiger charge is 2.10. The predicted octanol–water partition coefficient (Wildman–Crippen LogP) is 3.66.